The Hall–Kier alpha value is -0.580. The van der Waals surface area contributed by atoms with Gasteiger partial charge < -0.3 is 4.74 Å². The van der Waals surface area contributed by atoms with Gasteiger partial charge in [-0.2, -0.15) is 0 Å². The highest BCUT2D eigenvalue weighted by molar-refractivity contribution is 9.08. The SMILES string of the molecule is CCOC(=O)[C@H](Cc1ccccc1)NBr.Cl. The summed E-state index contributed by atoms with van der Waals surface area (Å²) in [4.78, 5) is 11.5. The summed E-state index contributed by atoms with van der Waals surface area (Å²) in [5.74, 6) is -0.238. The van der Waals surface area contributed by atoms with Crippen LogP contribution < -0.4 is 4.34 Å². The largest absolute Gasteiger partial charge is 0.465 e. The van der Waals surface area contributed by atoms with E-state index >= 15 is 0 Å². The molecule has 0 saturated heterocycles. The highest BCUT2D eigenvalue weighted by Gasteiger charge is 2.18. The summed E-state index contributed by atoms with van der Waals surface area (Å²) in [6.07, 6.45) is 0.616. The normalized spacial score (nSPS) is 11.4. The second kappa shape index (κ2) is 8.56. The molecule has 0 aliphatic carbocycles. The van der Waals surface area contributed by atoms with Crippen LogP contribution in [0.4, 0.5) is 0 Å². The number of esters is 1. The molecule has 1 atom stereocenters. The van der Waals surface area contributed by atoms with Crippen LogP contribution in [0.15, 0.2) is 30.3 Å². The molecule has 0 saturated carbocycles. The van der Waals surface area contributed by atoms with Crippen molar-refractivity contribution >= 4 is 34.5 Å². The molecule has 3 nitrogen and oxygen atoms in total. The third kappa shape index (κ3) is 4.96. The Morgan fingerprint density at radius 2 is 2.06 bits per heavy atom. The first-order chi connectivity index (χ1) is 7.27. The van der Waals surface area contributed by atoms with Gasteiger partial charge in [0.1, 0.15) is 6.04 Å². The van der Waals surface area contributed by atoms with Gasteiger partial charge in [0, 0.05) is 16.1 Å². The Labute approximate surface area is 110 Å². The molecule has 1 rings (SSSR count). The molecule has 0 radical (unpaired) electrons. The lowest BCUT2D eigenvalue weighted by molar-refractivity contribution is -0.144. The van der Waals surface area contributed by atoms with Crippen molar-refractivity contribution in [3.05, 3.63) is 35.9 Å². The summed E-state index contributed by atoms with van der Waals surface area (Å²) in [6.45, 7) is 2.20. The van der Waals surface area contributed by atoms with Gasteiger partial charge in [0.05, 0.1) is 6.61 Å². The topological polar surface area (TPSA) is 38.3 Å². The van der Waals surface area contributed by atoms with E-state index in [1.165, 1.54) is 0 Å². The molecule has 1 aromatic carbocycles. The first-order valence-corrected chi connectivity index (χ1v) is 5.64. The van der Waals surface area contributed by atoms with E-state index < -0.39 is 0 Å². The fraction of sp³-hybridized carbons (Fsp3) is 0.364. The van der Waals surface area contributed by atoms with Crippen molar-refractivity contribution in [2.75, 3.05) is 6.61 Å². The lowest BCUT2D eigenvalue weighted by atomic mass is 10.1. The smallest absolute Gasteiger partial charge is 0.324 e. The number of nitrogens with one attached hydrogen (secondary N) is 1. The molecule has 0 unspecified atom stereocenters. The van der Waals surface area contributed by atoms with Crippen molar-refractivity contribution < 1.29 is 9.53 Å². The second-order valence-corrected chi connectivity index (χ2v) is 3.56. The van der Waals surface area contributed by atoms with Gasteiger partial charge >= 0.3 is 5.97 Å². The lowest BCUT2D eigenvalue weighted by Gasteiger charge is -2.13. The number of halogens is 2. The summed E-state index contributed by atoms with van der Waals surface area (Å²) in [7, 11) is 0. The van der Waals surface area contributed by atoms with Crippen LogP contribution in [0.1, 0.15) is 12.5 Å². The van der Waals surface area contributed by atoms with E-state index in [0.717, 1.165) is 5.56 Å². The van der Waals surface area contributed by atoms with Crippen LogP contribution in [-0.2, 0) is 16.0 Å². The van der Waals surface area contributed by atoms with E-state index in [1.54, 1.807) is 6.92 Å². The molecule has 0 amide bonds. The third-order valence-corrected chi connectivity index (χ3v) is 2.54. The molecule has 1 aromatic rings. The standard InChI is InChI=1S/C11H14BrNO2.ClH/c1-2-15-11(14)10(13-12)8-9-6-4-3-5-7-9;/h3-7,10,13H,2,8H2,1H3;1H/t10-;/m0./s1. The molecule has 0 fully saturated rings. The Morgan fingerprint density at radius 3 is 2.56 bits per heavy atom. The molecular weight excluding hydrogens is 293 g/mol. The maximum atomic E-state index is 11.5. The van der Waals surface area contributed by atoms with Crippen molar-refractivity contribution in [1.29, 1.82) is 0 Å². The summed E-state index contributed by atoms with van der Waals surface area (Å²) in [5.41, 5.74) is 1.10. The molecule has 0 aliphatic heterocycles. The molecule has 0 aliphatic rings. The van der Waals surface area contributed by atoms with E-state index in [1.807, 2.05) is 30.3 Å². The van der Waals surface area contributed by atoms with Crippen LogP contribution in [-0.4, -0.2) is 18.6 Å². The van der Waals surface area contributed by atoms with Crippen LogP contribution in [0.5, 0.6) is 0 Å². The van der Waals surface area contributed by atoms with Crippen molar-refractivity contribution in [2.45, 2.75) is 19.4 Å². The zero-order chi connectivity index (χ0) is 11.1. The number of hydrogen-bond donors (Lipinski definition) is 1. The van der Waals surface area contributed by atoms with Gasteiger partial charge in [-0.15, -0.1) is 12.4 Å². The first-order valence-electron chi connectivity index (χ1n) is 4.84. The minimum atomic E-state index is -0.340. The molecular formula is C11H15BrClNO2. The maximum absolute atomic E-state index is 11.5. The van der Waals surface area contributed by atoms with Gasteiger partial charge in [0.15, 0.2) is 0 Å². The van der Waals surface area contributed by atoms with E-state index in [9.17, 15) is 4.79 Å². The molecule has 16 heavy (non-hydrogen) atoms. The highest BCUT2D eigenvalue weighted by Crippen LogP contribution is 2.05. The van der Waals surface area contributed by atoms with Crippen LogP contribution in [0.2, 0.25) is 0 Å². The zero-order valence-electron chi connectivity index (χ0n) is 8.98. The lowest BCUT2D eigenvalue weighted by Crippen LogP contribution is -2.34. The number of hydrogen-bond acceptors (Lipinski definition) is 3. The summed E-state index contributed by atoms with van der Waals surface area (Å²) < 4.78 is 7.71. The van der Waals surface area contributed by atoms with E-state index in [0.29, 0.717) is 13.0 Å². The molecule has 0 heterocycles. The van der Waals surface area contributed by atoms with Crippen molar-refractivity contribution in [3.63, 3.8) is 0 Å². The Bertz CT molecular complexity index is 308. The average molecular weight is 309 g/mol. The van der Waals surface area contributed by atoms with E-state index in [-0.39, 0.29) is 24.4 Å². The Kier molecular flexibility index (Phi) is 8.25. The van der Waals surface area contributed by atoms with Gasteiger partial charge in [-0.1, -0.05) is 30.3 Å². The number of benzene rings is 1. The van der Waals surface area contributed by atoms with Crippen LogP contribution in [0, 0.1) is 0 Å². The average Bonchev–Trinajstić information content (AvgIpc) is 2.27. The zero-order valence-corrected chi connectivity index (χ0v) is 11.4. The van der Waals surface area contributed by atoms with Gasteiger partial charge in [0.2, 0.25) is 0 Å². The summed E-state index contributed by atoms with van der Waals surface area (Å²) in [5, 5.41) is 0. The van der Waals surface area contributed by atoms with Gasteiger partial charge in [-0.05, 0) is 18.9 Å². The van der Waals surface area contributed by atoms with E-state index in [4.69, 9.17) is 4.74 Å². The van der Waals surface area contributed by atoms with Gasteiger partial charge in [0.25, 0.3) is 0 Å². The summed E-state index contributed by atoms with van der Waals surface area (Å²) in [6, 6.07) is 9.47. The van der Waals surface area contributed by atoms with Crippen molar-refractivity contribution in [3.8, 4) is 0 Å². The molecule has 90 valence electrons. The second-order valence-electron chi connectivity index (χ2n) is 3.10. The minimum absolute atomic E-state index is 0. The predicted molar refractivity (Wildman–Crippen MR) is 69.9 cm³/mol. The van der Waals surface area contributed by atoms with Crippen molar-refractivity contribution in [1.82, 2.24) is 4.34 Å². The fourth-order valence-electron chi connectivity index (χ4n) is 1.26. The molecule has 0 bridgehead atoms. The molecule has 5 heteroatoms. The Morgan fingerprint density at radius 1 is 1.44 bits per heavy atom. The quantitative estimate of drug-likeness (QED) is 0.671. The number of carbonyl (C=O) groups excluding carboxylic acids is 1. The van der Waals surface area contributed by atoms with Gasteiger partial charge in [-0.25, -0.2) is 4.34 Å². The van der Waals surface area contributed by atoms with Crippen LogP contribution in [0.25, 0.3) is 0 Å². The third-order valence-electron chi connectivity index (χ3n) is 1.99. The fourth-order valence-corrected chi connectivity index (χ4v) is 1.61. The molecule has 1 N–H and O–H groups in total. The Balaban J connectivity index is 0.00000225. The van der Waals surface area contributed by atoms with E-state index in [2.05, 4.69) is 20.5 Å². The molecule has 0 spiro atoms. The maximum Gasteiger partial charge on any atom is 0.324 e. The number of rotatable bonds is 5. The van der Waals surface area contributed by atoms with Crippen molar-refractivity contribution in [2.24, 2.45) is 0 Å². The monoisotopic (exact) mass is 307 g/mol. The highest BCUT2D eigenvalue weighted by atomic mass is 79.9. The number of ether oxygens (including phenoxy) is 1. The number of carbonyl (C=O) groups is 1. The summed E-state index contributed by atoms with van der Waals surface area (Å²) >= 11 is 3.09. The first kappa shape index (κ1) is 15.4. The molecule has 0 aromatic heterocycles. The van der Waals surface area contributed by atoms with Crippen LogP contribution >= 0.6 is 28.6 Å². The predicted octanol–water partition coefficient (Wildman–Crippen LogP) is 2.48. The van der Waals surface area contributed by atoms with Crippen LogP contribution in [0.3, 0.4) is 0 Å². The minimum Gasteiger partial charge on any atom is -0.465 e. The van der Waals surface area contributed by atoms with Gasteiger partial charge in [-0.3, -0.25) is 4.79 Å².